The van der Waals surface area contributed by atoms with Crippen LogP contribution in [0.2, 0.25) is 5.02 Å². The standard InChI is InChI=1S/C21H20ClNO3S/c1-3-12-26-17-10-8-14(9-11-17)18-19(27-4-2)21(25)23(20(18)24)16-7-5-6-15(22)13-16/h5-11,13H,3-4,12H2,1-2H3. The Morgan fingerprint density at radius 2 is 1.78 bits per heavy atom. The van der Waals surface area contributed by atoms with Gasteiger partial charge >= 0.3 is 0 Å². The number of imide groups is 1. The summed E-state index contributed by atoms with van der Waals surface area (Å²) in [7, 11) is 0. The van der Waals surface area contributed by atoms with E-state index >= 15 is 0 Å². The zero-order chi connectivity index (χ0) is 19.4. The van der Waals surface area contributed by atoms with E-state index in [1.807, 2.05) is 38.1 Å². The minimum Gasteiger partial charge on any atom is -0.494 e. The molecule has 1 aliphatic rings. The molecule has 1 aliphatic heterocycles. The molecule has 0 fully saturated rings. The molecule has 2 aromatic rings. The third-order valence-electron chi connectivity index (χ3n) is 4.01. The number of hydrogen-bond acceptors (Lipinski definition) is 4. The van der Waals surface area contributed by atoms with Crippen LogP contribution in [0.3, 0.4) is 0 Å². The molecular weight excluding hydrogens is 382 g/mol. The fourth-order valence-electron chi connectivity index (χ4n) is 2.83. The van der Waals surface area contributed by atoms with Gasteiger partial charge < -0.3 is 4.74 Å². The molecule has 4 nitrogen and oxygen atoms in total. The van der Waals surface area contributed by atoms with Crippen molar-refractivity contribution in [2.45, 2.75) is 20.3 Å². The van der Waals surface area contributed by atoms with Gasteiger partial charge in [-0.15, -0.1) is 11.8 Å². The van der Waals surface area contributed by atoms with Crippen molar-refractivity contribution < 1.29 is 14.3 Å². The van der Waals surface area contributed by atoms with Crippen molar-refractivity contribution in [1.82, 2.24) is 0 Å². The molecule has 1 heterocycles. The number of rotatable bonds is 7. The van der Waals surface area contributed by atoms with Crippen molar-refractivity contribution in [3.8, 4) is 5.75 Å². The van der Waals surface area contributed by atoms with Crippen LogP contribution in [0.25, 0.3) is 5.57 Å². The van der Waals surface area contributed by atoms with Crippen molar-refractivity contribution in [2.24, 2.45) is 0 Å². The molecule has 0 unspecified atom stereocenters. The van der Waals surface area contributed by atoms with Gasteiger partial charge in [-0.25, -0.2) is 4.90 Å². The molecule has 0 atom stereocenters. The van der Waals surface area contributed by atoms with Crippen molar-refractivity contribution >= 4 is 46.4 Å². The van der Waals surface area contributed by atoms with E-state index in [2.05, 4.69) is 0 Å². The van der Waals surface area contributed by atoms with Crippen molar-refractivity contribution in [3.05, 3.63) is 64.0 Å². The van der Waals surface area contributed by atoms with Gasteiger partial charge in [0.15, 0.2) is 0 Å². The number of hydrogen-bond donors (Lipinski definition) is 0. The van der Waals surface area contributed by atoms with Gasteiger partial charge in [-0.1, -0.05) is 43.6 Å². The number of carbonyl (C=O) groups is 2. The molecule has 140 valence electrons. The van der Waals surface area contributed by atoms with Crippen LogP contribution in [-0.2, 0) is 9.59 Å². The molecule has 6 heteroatoms. The first-order chi connectivity index (χ1) is 13.1. The summed E-state index contributed by atoms with van der Waals surface area (Å²) in [6.07, 6.45) is 0.922. The normalized spacial score (nSPS) is 14.3. The average molecular weight is 402 g/mol. The van der Waals surface area contributed by atoms with Crippen LogP contribution in [0.4, 0.5) is 5.69 Å². The van der Waals surface area contributed by atoms with Crippen LogP contribution in [0.5, 0.6) is 5.75 Å². The summed E-state index contributed by atoms with van der Waals surface area (Å²) in [6.45, 7) is 4.64. The summed E-state index contributed by atoms with van der Waals surface area (Å²) < 4.78 is 5.60. The van der Waals surface area contributed by atoms with E-state index in [9.17, 15) is 9.59 Å². The molecule has 0 aliphatic carbocycles. The molecule has 0 saturated heterocycles. The zero-order valence-electron chi connectivity index (χ0n) is 15.2. The van der Waals surface area contributed by atoms with E-state index in [1.54, 1.807) is 24.3 Å². The summed E-state index contributed by atoms with van der Waals surface area (Å²) >= 11 is 7.42. The largest absolute Gasteiger partial charge is 0.494 e. The van der Waals surface area contributed by atoms with Gasteiger partial charge in [-0.05, 0) is 48.1 Å². The van der Waals surface area contributed by atoms with Gasteiger partial charge in [-0.3, -0.25) is 9.59 Å². The van der Waals surface area contributed by atoms with Gasteiger partial charge in [0.25, 0.3) is 11.8 Å². The summed E-state index contributed by atoms with van der Waals surface area (Å²) in [4.78, 5) is 27.8. The summed E-state index contributed by atoms with van der Waals surface area (Å²) in [5.74, 6) is 0.795. The Hall–Kier alpha value is -2.24. The van der Waals surface area contributed by atoms with E-state index in [1.165, 1.54) is 16.7 Å². The highest BCUT2D eigenvalue weighted by Crippen LogP contribution is 2.39. The number of ether oxygens (including phenoxy) is 1. The summed E-state index contributed by atoms with van der Waals surface area (Å²) in [5, 5.41) is 0.476. The van der Waals surface area contributed by atoms with Gasteiger partial charge in [-0.2, -0.15) is 0 Å². The highest BCUT2D eigenvalue weighted by Gasteiger charge is 2.40. The zero-order valence-corrected chi connectivity index (χ0v) is 16.8. The van der Waals surface area contributed by atoms with E-state index in [-0.39, 0.29) is 11.8 Å². The maximum atomic E-state index is 13.1. The maximum absolute atomic E-state index is 13.1. The second kappa shape index (κ2) is 8.63. The number of benzene rings is 2. The second-order valence-corrected chi connectivity index (χ2v) is 7.65. The molecular formula is C21H20ClNO3S. The average Bonchev–Trinajstić information content (AvgIpc) is 2.91. The molecule has 0 N–H and O–H groups in total. The Kier molecular flexibility index (Phi) is 6.24. The predicted octanol–water partition coefficient (Wildman–Crippen LogP) is 5.17. The Bertz CT molecular complexity index is 893. The van der Waals surface area contributed by atoms with Gasteiger partial charge in [0.2, 0.25) is 0 Å². The quantitative estimate of drug-likeness (QED) is 0.600. The Balaban J connectivity index is 1.98. The fourth-order valence-corrected chi connectivity index (χ4v) is 3.87. The first-order valence-corrected chi connectivity index (χ1v) is 10.2. The van der Waals surface area contributed by atoms with E-state index < -0.39 is 0 Å². The molecule has 0 radical (unpaired) electrons. The Labute approximate surface area is 168 Å². The lowest BCUT2D eigenvalue weighted by Crippen LogP contribution is -2.31. The number of thioether (sulfide) groups is 1. The first-order valence-electron chi connectivity index (χ1n) is 8.81. The Morgan fingerprint density at radius 3 is 2.41 bits per heavy atom. The number of amides is 2. The molecule has 2 aromatic carbocycles. The number of nitrogens with zero attached hydrogens (tertiary/aromatic N) is 1. The van der Waals surface area contributed by atoms with Crippen LogP contribution in [0.1, 0.15) is 25.8 Å². The van der Waals surface area contributed by atoms with Crippen LogP contribution < -0.4 is 9.64 Å². The number of anilines is 1. The molecule has 0 spiro atoms. The molecule has 27 heavy (non-hydrogen) atoms. The lowest BCUT2D eigenvalue weighted by Gasteiger charge is -2.15. The van der Waals surface area contributed by atoms with E-state index in [0.717, 1.165) is 12.2 Å². The van der Waals surface area contributed by atoms with Gasteiger partial charge in [0.05, 0.1) is 22.8 Å². The van der Waals surface area contributed by atoms with Crippen molar-refractivity contribution in [3.63, 3.8) is 0 Å². The second-order valence-electron chi connectivity index (χ2n) is 5.94. The smallest absolute Gasteiger partial charge is 0.272 e. The molecule has 0 aromatic heterocycles. The van der Waals surface area contributed by atoms with E-state index in [0.29, 0.717) is 39.1 Å². The van der Waals surface area contributed by atoms with Crippen LogP contribution >= 0.6 is 23.4 Å². The monoisotopic (exact) mass is 401 g/mol. The number of halogens is 1. The van der Waals surface area contributed by atoms with E-state index in [4.69, 9.17) is 16.3 Å². The van der Waals surface area contributed by atoms with Crippen LogP contribution in [0, 0.1) is 0 Å². The SMILES string of the molecule is CCCOc1ccc(C2=C(SCC)C(=O)N(c3cccc(Cl)c3)C2=O)cc1. The number of carbonyl (C=O) groups excluding carboxylic acids is 2. The van der Waals surface area contributed by atoms with Gasteiger partial charge in [0.1, 0.15) is 5.75 Å². The fraction of sp³-hybridized carbons (Fsp3) is 0.238. The lowest BCUT2D eigenvalue weighted by molar-refractivity contribution is -0.119. The molecule has 0 saturated carbocycles. The predicted molar refractivity (Wildman–Crippen MR) is 111 cm³/mol. The van der Waals surface area contributed by atoms with Crippen LogP contribution in [-0.4, -0.2) is 24.2 Å². The third-order valence-corrected chi connectivity index (χ3v) is 5.20. The lowest BCUT2D eigenvalue weighted by atomic mass is 10.1. The maximum Gasteiger partial charge on any atom is 0.272 e. The summed E-state index contributed by atoms with van der Waals surface area (Å²) in [5.41, 5.74) is 1.61. The first kappa shape index (κ1) is 19.5. The van der Waals surface area contributed by atoms with Crippen LogP contribution in [0.15, 0.2) is 53.4 Å². The van der Waals surface area contributed by atoms with Crippen molar-refractivity contribution in [2.75, 3.05) is 17.3 Å². The third kappa shape index (κ3) is 4.04. The Morgan fingerprint density at radius 1 is 1.04 bits per heavy atom. The minimum atomic E-state index is -0.333. The highest BCUT2D eigenvalue weighted by atomic mass is 35.5. The molecule has 0 bridgehead atoms. The highest BCUT2D eigenvalue weighted by molar-refractivity contribution is 8.04. The van der Waals surface area contributed by atoms with Gasteiger partial charge in [0, 0.05) is 5.02 Å². The minimum absolute atomic E-state index is 0.310. The molecule has 3 rings (SSSR count). The summed E-state index contributed by atoms with van der Waals surface area (Å²) in [6, 6.07) is 14.1. The molecule has 2 amide bonds. The topological polar surface area (TPSA) is 46.6 Å². The van der Waals surface area contributed by atoms with Crippen molar-refractivity contribution in [1.29, 1.82) is 0 Å².